The molecule has 1 aromatic rings. The highest BCUT2D eigenvalue weighted by Gasteiger charge is 2.15. The molecule has 24 heavy (non-hydrogen) atoms. The molecule has 1 fully saturated rings. The predicted octanol–water partition coefficient (Wildman–Crippen LogP) is 2.96. The third kappa shape index (κ3) is 6.04. The number of ether oxygens (including phenoxy) is 1. The lowest BCUT2D eigenvalue weighted by molar-refractivity contribution is 0.187. The van der Waals surface area contributed by atoms with E-state index in [1.165, 1.54) is 25.9 Å². The van der Waals surface area contributed by atoms with Crippen LogP contribution < -0.4 is 10.1 Å². The van der Waals surface area contributed by atoms with E-state index in [-0.39, 0.29) is 6.03 Å². The van der Waals surface area contributed by atoms with Gasteiger partial charge in [-0.25, -0.2) is 4.79 Å². The molecule has 0 bridgehead atoms. The van der Waals surface area contributed by atoms with Crippen molar-refractivity contribution in [1.29, 1.82) is 0 Å². The Kier molecular flexibility index (Phi) is 7.37. The third-order valence-corrected chi connectivity index (χ3v) is 4.70. The number of methoxy groups -OCH3 is 1. The Hall–Kier alpha value is -1.75. The summed E-state index contributed by atoms with van der Waals surface area (Å²) in [6.45, 7) is 7.11. The molecule has 1 N–H and O–H groups in total. The van der Waals surface area contributed by atoms with Gasteiger partial charge in [0.05, 0.1) is 7.11 Å². The van der Waals surface area contributed by atoms with Crippen LogP contribution in [-0.4, -0.2) is 56.2 Å². The number of benzene rings is 1. The number of nitrogens with one attached hydrogen (secondary N) is 1. The minimum absolute atomic E-state index is 0.0231. The van der Waals surface area contributed by atoms with Crippen molar-refractivity contribution < 1.29 is 9.53 Å². The second-order valence-electron chi connectivity index (χ2n) is 6.82. The molecule has 0 spiro atoms. The maximum Gasteiger partial charge on any atom is 0.317 e. The third-order valence-electron chi connectivity index (χ3n) is 4.70. The van der Waals surface area contributed by atoms with Crippen LogP contribution in [0.15, 0.2) is 24.3 Å². The molecule has 5 heteroatoms. The lowest BCUT2D eigenvalue weighted by atomic mass is 9.99. The predicted molar refractivity (Wildman–Crippen MR) is 97.3 cm³/mol. The molecule has 0 aromatic heterocycles. The highest BCUT2D eigenvalue weighted by molar-refractivity contribution is 5.73. The van der Waals surface area contributed by atoms with Crippen LogP contribution >= 0.6 is 0 Å². The summed E-state index contributed by atoms with van der Waals surface area (Å²) in [6.07, 6.45) is 3.61. The normalized spacial score (nSPS) is 16.0. The van der Waals surface area contributed by atoms with Crippen molar-refractivity contribution in [2.24, 2.45) is 5.92 Å². The zero-order valence-corrected chi connectivity index (χ0v) is 15.3. The Bertz CT molecular complexity index is 513. The van der Waals surface area contributed by atoms with E-state index in [9.17, 15) is 4.79 Å². The molecule has 0 saturated carbocycles. The van der Waals surface area contributed by atoms with Gasteiger partial charge in [0.1, 0.15) is 5.75 Å². The quantitative estimate of drug-likeness (QED) is 0.780. The van der Waals surface area contributed by atoms with E-state index in [1.54, 1.807) is 12.0 Å². The van der Waals surface area contributed by atoms with Gasteiger partial charge in [-0.05, 0) is 62.5 Å². The van der Waals surface area contributed by atoms with Crippen LogP contribution in [-0.2, 0) is 6.54 Å². The van der Waals surface area contributed by atoms with Crippen molar-refractivity contribution in [2.45, 2.75) is 32.7 Å². The second-order valence-corrected chi connectivity index (χ2v) is 6.82. The summed E-state index contributed by atoms with van der Waals surface area (Å²) in [5, 5.41) is 3.01. The van der Waals surface area contributed by atoms with Gasteiger partial charge >= 0.3 is 6.03 Å². The van der Waals surface area contributed by atoms with Crippen LogP contribution in [0.4, 0.5) is 4.79 Å². The molecule has 0 aliphatic carbocycles. The fraction of sp³-hybridized carbons (Fsp3) is 0.632. The first-order valence-corrected chi connectivity index (χ1v) is 8.92. The number of urea groups is 1. The molecule has 0 unspecified atom stereocenters. The Morgan fingerprint density at radius 3 is 2.83 bits per heavy atom. The van der Waals surface area contributed by atoms with Gasteiger partial charge in [-0.3, -0.25) is 0 Å². The average molecular weight is 333 g/mol. The molecule has 0 radical (unpaired) electrons. The first-order chi connectivity index (χ1) is 11.6. The lowest BCUT2D eigenvalue weighted by Gasteiger charge is -2.30. The van der Waals surface area contributed by atoms with E-state index in [2.05, 4.69) is 17.1 Å². The molecule has 134 valence electrons. The Balaban J connectivity index is 1.64. The molecule has 1 aliphatic rings. The number of rotatable bonds is 7. The number of likely N-dealkylation sites (tertiary alicyclic amines) is 1. The molecule has 5 nitrogen and oxygen atoms in total. The SMILES string of the molecule is COc1cccc(CN(C)C(=O)NCCCN2CCC(C)CC2)c1. The van der Waals surface area contributed by atoms with Crippen molar-refractivity contribution in [2.75, 3.05) is 40.3 Å². The molecule has 0 atom stereocenters. The minimum atomic E-state index is -0.0231. The van der Waals surface area contributed by atoms with Gasteiger partial charge in [0, 0.05) is 20.1 Å². The second kappa shape index (κ2) is 9.52. The summed E-state index contributed by atoms with van der Waals surface area (Å²) >= 11 is 0. The van der Waals surface area contributed by atoms with E-state index in [4.69, 9.17) is 4.74 Å². The fourth-order valence-electron chi connectivity index (χ4n) is 3.04. The maximum atomic E-state index is 12.2. The monoisotopic (exact) mass is 333 g/mol. The summed E-state index contributed by atoms with van der Waals surface area (Å²) in [4.78, 5) is 16.4. The van der Waals surface area contributed by atoms with Crippen LogP contribution in [0.3, 0.4) is 0 Å². The highest BCUT2D eigenvalue weighted by atomic mass is 16.5. The fourth-order valence-corrected chi connectivity index (χ4v) is 3.04. The van der Waals surface area contributed by atoms with Crippen LogP contribution in [0, 0.1) is 5.92 Å². The van der Waals surface area contributed by atoms with Gasteiger partial charge in [0.2, 0.25) is 0 Å². The van der Waals surface area contributed by atoms with Crippen LogP contribution in [0.5, 0.6) is 5.75 Å². The maximum absolute atomic E-state index is 12.2. The zero-order chi connectivity index (χ0) is 17.4. The van der Waals surface area contributed by atoms with Crippen molar-refractivity contribution in [3.8, 4) is 5.75 Å². The van der Waals surface area contributed by atoms with E-state index in [0.29, 0.717) is 6.54 Å². The van der Waals surface area contributed by atoms with Gasteiger partial charge in [-0.15, -0.1) is 0 Å². The van der Waals surface area contributed by atoms with E-state index < -0.39 is 0 Å². The Morgan fingerprint density at radius 2 is 2.12 bits per heavy atom. The molecular formula is C19H31N3O2. The van der Waals surface area contributed by atoms with Crippen molar-refractivity contribution in [3.05, 3.63) is 29.8 Å². The van der Waals surface area contributed by atoms with Gasteiger partial charge in [0.25, 0.3) is 0 Å². The Morgan fingerprint density at radius 1 is 1.38 bits per heavy atom. The van der Waals surface area contributed by atoms with Gasteiger partial charge in [-0.1, -0.05) is 19.1 Å². The molecular weight excluding hydrogens is 302 g/mol. The number of carbonyl (C=O) groups is 1. The van der Waals surface area contributed by atoms with Crippen molar-refractivity contribution >= 4 is 6.03 Å². The standard InChI is InChI=1S/C19H31N3O2/c1-16-8-12-22(13-9-16)11-5-10-20-19(23)21(2)15-17-6-4-7-18(14-17)24-3/h4,6-7,14,16H,5,8-13,15H2,1-3H3,(H,20,23). The number of carbonyl (C=O) groups excluding carboxylic acids is 1. The molecule has 1 heterocycles. The van der Waals surface area contributed by atoms with E-state index in [0.717, 1.165) is 36.7 Å². The zero-order valence-electron chi connectivity index (χ0n) is 15.3. The number of hydrogen-bond donors (Lipinski definition) is 1. The number of amides is 2. The first kappa shape index (κ1) is 18.6. The summed E-state index contributed by atoms with van der Waals surface area (Å²) < 4.78 is 5.22. The molecule has 2 rings (SSSR count). The number of nitrogens with zero attached hydrogens (tertiary/aromatic N) is 2. The molecule has 1 aliphatic heterocycles. The first-order valence-electron chi connectivity index (χ1n) is 8.92. The smallest absolute Gasteiger partial charge is 0.317 e. The van der Waals surface area contributed by atoms with Crippen molar-refractivity contribution in [3.63, 3.8) is 0 Å². The van der Waals surface area contributed by atoms with Gasteiger partial charge in [-0.2, -0.15) is 0 Å². The summed E-state index contributed by atoms with van der Waals surface area (Å²) in [6, 6.07) is 7.79. The topological polar surface area (TPSA) is 44.8 Å². The lowest BCUT2D eigenvalue weighted by Crippen LogP contribution is -2.39. The molecule has 1 saturated heterocycles. The Labute approximate surface area is 146 Å². The van der Waals surface area contributed by atoms with Crippen molar-refractivity contribution in [1.82, 2.24) is 15.1 Å². The van der Waals surface area contributed by atoms with Crippen LogP contribution in [0.1, 0.15) is 31.7 Å². The van der Waals surface area contributed by atoms with Gasteiger partial charge < -0.3 is 19.9 Å². The molecule has 2 amide bonds. The highest BCUT2D eigenvalue weighted by Crippen LogP contribution is 2.16. The largest absolute Gasteiger partial charge is 0.497 e. The number of piperidine rings is 1. The van der Waals surface area contributed by atoms with Crippen LogP contribution in [0.25, 0.3) is 0 Å². The van der Waals surface area contributed by atoms with Gasteiger partial charge in [0.15, 0.2) is 0 Å². The summed E-state index contributed by atoms with van der Waals surface area (Å²) in [5.74, 6) is 1.68. The van der Waals surface area contributed by atoms with E-state index in [1.807, 2.05) is 31.3 Å². The summed E-state index contributed by atoms with van der Waals surface area (Å²) in [7, 11) is 3.47. The summed E-state index contributed by atoms with van der Waals surface area (Å²) in [5.41, 5.74) is 1.06. The minimum Gasteiger partial charge on any atom is -0.497 e. The van der Waals surface area contributed by atoms with Crippen LogP contribution in [0.2, 0.25) is 0 Å². The van der Waals surface area contributed by atoms with E-state index >= 15 is 0 Å². The molecule has 1 aromatic carbocycles. The number of hydrogen-bond acceptors (Lipinski definition) is 3. The average Bonchev–Trinajstić information content (AvgIpc) is 2.60.